The van der Waals surface area contributed by atoms with Crippen molar-refractivity contribution in [2.24, 2.45) is 5.73 Å². The number of hydrogen-bond acceptors (Lipinski definition) is 2. The molecule has 0 saturated carbocycles. The third-order valence-corrected chi connectivity index (χ3v) is 2.90. The zero-order valence-electron chi connectivity index (χ0n) is 9.22. The molecule has 0 heterocycles. The molecule has 1 aromatic carbocycles. The number of rotatable bonds is 7. The van der Waals surface area contributed by atoms with Crippen LogP contribution in [0.3, 0.4) is 0 Å². The van der Waals surface area contributed by atoms with E-state index in [0.717, 1.165) is 32.2 Å². The van der Waals surface area contributed by atoms with Crippen molar-refractivity contribution < 1.29 is 9.13 Å². The van der Waals surface area contributed by atoms with Gasteiger partial charge in [0.2, 0.25) is 0 Å². The van der Waals surface area contributed by atoms with E-state index in [4.69, 9.17) is 10.5 Å². The van der Waals surface area contributed by atoms with Crippen molar-refractivity contribution in [2.75, 3.05) is 13.2 Å². The van der Waals surface area contributed by atoms with Crippen molar-refractivity contribution in [2.45, 2.75) is 25.7 Å². The maximum absolute atomic E-state index is 13.1. The molecule has 0 unspecified atom stereocenters. The Balaban J connectivity index is 2.19. The van der Waals surface area contributed by atoms with Gasteiger partial charge < -0.3 is 10.5 Å². The van der Waals surface area contributed by atoms with Gasteiger partial charge in [-0.15, -0.1) is 0 Å². The molecule has 1 aromatic rings. The summed E-state index contributed by atoms with van der Waals surface area (Å²) in [5, 5.41) is 0. The van der Waals surface area contributed by atoms with Gasteiger partial charge in [0.25, 0.3) is 0 Å². The first kappa shape index (κ1) is 13.5. The summed E-state index contributed by atoms with van der Waals surface area (Å²) in [5.74, 6) is 0.292. The molecule has 4 heteroatoms. The van der Waals surface area contributed by atoms with E-state index in [-0.39, 0.29) is 5.82 Å². The van der Waals surface area contributed by atoms with Gasteiger partial charge in [0.05, 0.1) is 11.1 Å². The molecule has 0 bridgehead atoms. The average molecular weight is 290 g/mol. The molecule has 2 nitrogen and oxygen atoms in total. The summed E-state index contributed by atoms with van der Waals surface area (Å²) >= 11 is 3.10. The average Bonchev–Trinajstić information content (AvgIpc) is 2.28. The lowest BCUT2D eigenvalue weighted by atomic mass is 10.2. The molecular formula is C12H17BrFNO. The lowest BCUT2D eigenvalue weighted by molar-refractivity contribution is 0.303. The second-order valence-corrected chi connectivity index (χ2v) is 4.48. The number of hydrogen-bond donors (Lipinski definition) is 1. The van der Waals surface area contributed by atoms with Crippen LogP contribution in [0, 0.1) is 5.82 Å². The normalized spacial score (nSPS) is 10.4. The van der Waals surface area contributed by atoms with Crippen molar-refractivity contribution in [1.29, 1.82) is 0 Å². The van der Waals surface area contributed by atoms with Crippen LogP contribution in [0.4, 0.5) is 4.39 Å². The van der Waals surface area contributed by atoms with E-state index in [1.165, 1.54) is 6.07 Å². The van der Waals surface area contributed by atoms with Gasteiger partial charge in [-0.25, -0.2) is 4.39 Å². The highest BCUT2D eigenvalue weighted by molar-refractivity contribution is 9.10. The molecular weight excluding hydrogens is 273 g/mol. The van der Waals surface area contributed by atoms with Gasteiger partial charge in [-0.2, -0.15) is 0 Å². The predicted molar refractivity (Wildman–Crippen MR) is 67.1 cm³/mol. The molecule has 0 aliphatic heterocycles. The highest BCUT2D eigenvalue weighted by Gasteiger charge is 2.00. The highest BCUT2D eigenvalue weighted by Crippen LogP contribution is 2.21. The molecule has 0 radical (unpaired) electrons. The van der Waals surface area contributed by atoms with Crippen LogP contribution in [-0.2, 0) is 0 Å². The van der Waals surface area contributed by atoms with E-state index in [2.05, 4.69) is 15.9 Å². The van der Waals surface area contributed by atoms with Gasteiger partial charge in [0.15, 0.2) is 0 Å². The molecule has 0 aliphatic carbocycles. The molecule has 1 rings (SSSR count). The van der Waals surface area contributed by atoms with Crippen LogP contribution >= 0.6 is 15.9 Å². The molecule has 0 amide bonds. The summed E-state index contributed by atoms with van der Waals surface area (Å²) in [5.41, 5.74) is 5.39. The maximum Gasteiger partial charge on any atom is 0.141 e. The van der Waals surface area contributed by atoms with Gasteiger partial charge in [-0.05, 0) is 47.4 Å². The van der Waals surface area contributed by atoms with Crippen molar-refractivity contribution >= 4 is 15.9 Å². The van der Waals surface area contributed by atoms with Crippen LogP contribution in [0.15, 0.2) is 22.7 Å². The van der Waals surface area contributed by atoms with Crippen molar-refractivity contribution in [3.63, 3.8) is 0 Å². The van der Waals surface area contributed by atoms with Gasteiger partial charge in [-0.1, -0.05) is 12.8 Å². The first-order chi connectivity index (χ1) is 7.74. The minimum atomic E-state index is -0.291. The second-order valence-electron chi connectivity index (χ2n) is 3.63. The van der Waals surface area contributed by atoms with Gasteiger partial charge in [0.1, 0.15) is 11.6 Å². The summed E-state index contributed by atoms with van der Waals surface area (Å²) in [6, 6.07) is 4.80. The number of ether oxygens (including phenoxy) is 1. The van der Waals surface area contributed by atoms with E-state index in [1.807, 2.05) is 0 Å². The smallest absolute Gasteiger partial charge is 0.141 e. The molecule has 0 saturated heterocycles. The molecule has 0 fully saturated rings. The highest BCUT2D eigenvalue weighted by atomic mass is 79.9. The SMILES string of the molecule is NCCCCCCOc1ccc(Br)c(F)c1. The van der Waals surface area contributed by atoms with E-state index >= 15 is 0 Å². The van der Waals surface area contributed by atoms with Crippen LogP contribution < -0.4 is 10.5 Å². The zero-order chi connectivity index (χ0) is 11.8. The monoisotopic (exact) mass is 289 g/mol. The fourth-order valence-electron chi connectivity index (χ4n) is 1.36. The van der Waals surface area contributed by atoms with Crippen LogP contribution in [0.25, 0.3) is 0 Å². The van der Waals surface area contributed by atoms with E-state index in [9.17, 15) is 4.39 Å². The summed E-state index contributed by atoms with van der Waals surface area (Å²) in [4.78, 5) is 0. The Kier molecular flexibility index (Phi) is 6.42. The van der Waals surface area contributed by atoms with Gasteiger partial charge in [0, 0.05) is 6.07 Å². The molecule has 0 atom stereocenters. The van der Waals surface area contributed by atoms with E-state index < -0.39 is 0 Å². The molecule has 0 spiro atoms. The molecule has 90 valence electrons. The van der Waals surface area contributed by atoms with Crippen molar-refractivity contribution in [1.82, 2.24) is 0 Å². The van der Waals surface area contributed by atoms with Gasteiger partial charge in [-0.3, -0.25) is 0 Å². The lowest BCUT2D eigenvalue weighted by Crippen LogP contribution is -2.00. The Hall–Kier alpha value is -0.610. The second kappa shape index (κ2) is 7.63. The Bertz CT molecular complexity index is 320. The van der Waals surface area contributed by atoms with E-state index in [0.29, 0.717) is 16.8 Å². The third kappa shape index (κ3) is 4.94. The lowest BCUT2D eigenvalue weighted by Gasteiger charge is -2.06. The molecule has 0 aromatic heterocycles. The first-order valence-electron chi connectivity index (χ1n) is 5.52. The fourth-order valence-corrected chi connectivity index (χ4v) is 1.60. The molecule has 0 aliphatic rings. The predicted octanol–water partition coefficient (Wildman–Crippen LogP) is 3.49. The zero-order valence-corrected chi connectivity index (χ0v) is 10.8. The Labute approximate surface area is 104 Å². The summed E-state index contributed by atoms with van der Waals surface area (Å²) < 4.78 is 19.0. The summed E-state index contributed by atoms with van der Waals surface area (Å²) in [6.45, 7) is 1.38. The van der Waals surface area contributed by atoms with Crippen molar-refractivity contribution in [3.8, 4) is 5.75 Å². The van der Waals surface area contributed by atoms with Crippen LogP contribution in [0.2, 0.25) is 0 Å². The number of nitrogens with two attached hydrogens (primary N) is 1. The number of benzene rings is 1. The minimum Gasteiger partial charge on any atom is -0.493 e. The van der Waals surface area contributed by atoms with Gasteiger partial charge >= 0.3 is 0 Å². The van der Waals surface area contributed by atoms with Crippen LogP contribution in [0.1, 0.15) is 25.7 Å². The molecule has 16 heavy (non-hydrogen) atoms. The first-order valence-corrected chi connectivity index (χ1v) is 6.31. The number of unbranched alkanes of at least 4 members (excludes halogenated alkanes) is 3. The standard InChI is InChI=1S/C12H17BrFNO/c13-11-6-5-10(9-12(11)14)16-8-4-2-1-3-7-15/h5-6,9H,1-4,7-8,15H2. The van der Waals surface area contributed by atoms with Crippen molar-refractivity contribution in [3.05, 3.63) is 28.5 Å². The fraction of sp³-hybridized carbons (Fsp3) is 0.500. The number of halogens is 2. The molecule has 2 N–H and O–H groups in total. The summed E-state index contributed by atoms with van der Waals surface area (Å²) in [6.07, 6.45) is 4.29. The maximum atomic E-state index is 13.1. The van der Waals surface area contributed by atoms with Crippen LogP contribution in [-0.4, -0.2) is 13.2 Å². The Morgan fingerprint density at radius 2 is 1.94 bits per heavy atom. The van der Waals surface area contributed by atoms with E-state index in [1.54, 1.807) is 12.1 Å². The Morgan fingerprint density at radius 1 is 1.19 bits per heavy atom. The minimum absolute atomic E-state index is 0.291. The van der Waals surface area contributed by atoms with Crippen LogP contribution in [0.5, 0.6) is 5.75 Å². The quantitative estimate of drug-likeness (QED) is 0.780. The third-order valence-electron chi connectivity index (χ3n) is 2.26. The largest absolute Gasteiger partial charge is 0.493 e. The topological polar surface area (TPSA) is 35.2 Å². The summed E-state index contributed by atoms with van der Waals surface area (Å²) in [7, 11) is 0. The Morgan fingerprint density at radius 3 is 2.62 bits per heavy atom.